The first kappa shape index (κ1) is 19.6. The summed E-state index contributed by atoms with van der Waals surface area (Å²) in [6.45, 7) is 21.3. The lowest BCUT2D eigenvalue weighted by molar-refractivity contribution is 0.135. The first-order chi connectivity index (χ1) is 9.97. The molecule has 126 valence electrons. The number of hydrogen-bond donors (Lipinski definition) is 0. The highest BCUT2D eigenvalue weighted by molar-refractivity contribution is 7.18. The second-order valence-electron chi connectivity index (χ2n) is 8.28. The van der Waals surface area contributed by atoms with Crippen LogP contribution in [0.1, 0.15) is 66.8 Å². The summed E-state index contributed by atoms with van der Waals surface area (Å²) in [6.07, 6.45) is 0. The summed E-state index contributed by atoms with van der Waals surface area (Å²) in [4.78, 5) is 7.46. The van der Waals surface area contributed by atoms with Crippen LogP contribution in [0, 0.1) is 10.8 Å². The van der Waals surface area contributed by atoms with Crippen LogP contribution in [0.4, 0.5) is 0 Å². The van der Waals surface area contributed by atoms with Crippen LogP contribution in [0.3, 0.4) is 0 Å². The highest BCUT2D eigenvalue weighted by Gasteiger charge is 2.49. The van der Waals surface area contributed by atoms with Gasteiger partial charge in [0.15, 0.2) is 0 Å². The largest absolute Gasteiger partial charge is 0.298 e. The van der Waals surface area contributed by atoms with Crippen molar-refractivity contribution in [3.05, 3.63) is 29.6 Å². The fourth-order valence-corrected chi connectivity index (χ4v) is 3.52. The van der Waals surface area contributed by atoms with Crippen LogP contribution in [0.5, 0.6) is 0 Å². The van der Waals surface area contributed by atoms with E-state index in [0.29, 0.717) is 0 Å². The van der Waals surface area contributed by atoms with Crippen LogP contribution < -0.4 is 0 Å². The molecule has 0 amide bonds. The van der Waals surface area contributed by atoms with E-state index in [-0.39, 0.29) is 16.0 Å². The number of rotatable bonds is 5. The van der Waals surface area contributed by atoms with Crippen molar-refractivity contribution in [2.24, 2.45) is 10.8 Å². The molecule has 2 nitrogen and oxygen atoms in total. The van der Waals surface area contributed by atoms with Gasteiger partial charge in [-0.3, -0.25) is 9.88 Å². The predicted molar refractivity (Wildman–Crippen MR) is 101 cm³/mol. The maximum atomic E-state index is 5.05. The zero-order valence-electron chi connectivity index (χ0n) is 15.8. The Bertz CT molecular complexity index is 465. The van der Waals surface area contributed by atoms with Crippen molar-refractivity contribution < 1.29 is 0 Å². The molecule has 0 aromatic carbocycles. The maximum Gasteiger partial charge on any atom is 0.0547 e. The van der Waals surface area contributed by atoms with E-state index in [2.05, 4.69) is 87.7 Å². The Morgan fingerprint density at radius 1 is 0.955 bits per heavy atom. The van der Waals surface area contributed by atoms with Gasteiger partial charge in [0.1, 0.15) is 0 Å². The van der Waals surface area contributed by atoms with Gasteiger partial charge >= 0.3 is 0 Å². The lowest BCUT2D eigenvalue weighted by Gasteiger charge is -2.51. The molecule has 0 bridgehead atoms. The minimum atomic E-state index is -0.0702. The highest BCUT2D eigenvalue weighted by atomic mass is 31.0. The van der Waals surface area contributed by atoms with Gasteiger partial charge in [-0.05, 0) is 36.1 Å². The third-order valence-corrected chi connectivity index (χ3v) is 6.88. The van der Waals surface area contributed by atoms with Crippen LogP contribution in [0.15, 0.2) is 18.2 Å². The summed E-state index contributed by atoms with van der Waals surface area (Å²) in [6, 6.07) is 6.50. The molecular formula is C19H35N2P. The minimum Gasteiger partial charge on any atom is -0.298 e. The minimum absolute atomic E-state index is 0.0702. The smallest absolute Gasteiger partial charge is 0.0547 e. The van der Waals surface area contributed by atoms with Crippen molar-refractivity contribution in [1.29, 1.82) is 0 Å². The molecule has 1 rings (SSSR count). The number of pyridine rings is 1. The molecule has 0 fully saturated rings. The molecule has 0 N–H and O–H groups in total. The van der Waals surface area contributed by atoms with Crippen molar-refractivity contribution in [2.75, 3.05) is 13.1 Å². The zero-order chi connectivity index (χ0) is 17.2. The van der Waals surface area contributed by atoms with E-state index in [1.165, 1.54) is 11.4 Å². The fourth-order valence-electron chi connectivity index (χ4n) is 3.36. The van der Waals surface area contributed by atoms with Gasteiger partial charge in [0.25, 0.3) is 0 Å². The quantitative estimate of drug-likeness (QED) is 0.702. The van der Waals surface area contributed by atoms with Crippen LogP contribution in [-0.4, -0.2) is 23.0 Å². The summed E-state index contributed by atoms with van der Waals surface area (Å²) in [7, 11) is 3.14. The van der Waals surface area contributed by atoms with Crippen LogP contribution >= 0.6 is 9.24 Å². The predicted octanol–water partition coefficient (Wildman–Crippen LogP) is 5.09. The SMILES string of the molecule is CCN(CC)Cc1cccc(C(P)(C(C)(C)C)C(C)(C)C)n1. The van der Waals surface area contributed by atoms with E-state index in [4.69, 9.17) is 4.98 Å². The fraction of sp³-hybridized carbons (Fsp3) is 0.737. The molecule has 1 aromatic heterocycles. The Hall–Kier alpha value is -0.460. The molecule has 1 atom stereocenters. The van der Waals surface area contributed by atoms with E-state index in [1.54, 1.807) is 0 Å². The van der Waals surface area contributed by atoms with Crippen LogP contribution in [-0.2, 0) is 11.7 Å². The van der Waals surface area contributed by atoms with E-state index >= 15 is 0 Å². The molecule has 0 spiro atoms. The molecule has 0 saturated heterocycles. The normalized spacial score (nSPS) is 13.7. The summed E-state index contributed by atoms with van der Waals surface area (Å²) in [5, 5.41) is -0.0702. The molecule has 0 aliphatic heterocycles. The summed E-state index contributed by atoms with van der Waals surface area (Å²) in [5.41, 5.74) is 2.57. The molecule has 1 unspecified atom stereocenters. The Balaban J connectivity index is 3.29. The second-order valence-corrected chi connectivity index (χ2v) is 9.15. The second kappa shape index (κ2) is 6.97. The standard InChI is InChI=1S/C19H35N2P/c1-9-21(10-2)14-15-12-11-13-16(20-15)19(22,17(3,4)5)18(6,7)8/h11-13H,9-10,14,22H2,1-8H3. The Kier molecular flexibility index (Phi) is 6.21. The molecule has 22 heavy (non-hydrogen) atoms. The highest BCUT2D eigenvalue weighted by Crippen LogP contribution is 2.57. The molecule has 0 aliphatic rings. The van der Waals surface area contributed by atoms with E-state index in [9.17, 15) is 0 Å². The van der Waals surface area contributed by atoms with Crippen molar-refractivity contribution in [3.63, 3.8) is 0 Å². The monoisotopic (exact) mass is 322 g/mol. The molecule has 1 heterocycles. The maximum absolute atomic E-state index is 5.05. The van der Waals surface area contributed by atoms with Gasteiger partial charge in [0, 0.05) is 11.7 Å². The zero-order valence-corrected chi connectivity index (χ0v) is 17.0. The Morgan fingerprint density at radius 3 is 1.86 bits per heavy atom. The molecule has 0 aliphatic carbocycles. The lowest BCUT2D eigenvalue weighted by Crippen LogP contribution is -2.46. The summed E-state index contributed by atoms with van der Waals surface area (Å²) >= 11 is 0. The average molecular weight is 322 g/mol. The molecule has 0 saturated carbocycles. The van der Waals surface area contributed by atoms with Gasteiger partial charge in [-0.15, -0.1) is 9.24 Å². The number of nitrogens with zero attached hydrogens (tertiary/aromatic N) is 2. The molecule has 1 aromatic rings. The molecule has 0 radical (unpaired) electrons. The van der Waals surface area contributed by atoms with Gasteiger partial charge in [0.05, 0.1) is 11.4 Å². The third-order valence-electron chi connectivity index (χ3n) is 4.86. The lowest BCUT2D eigenvalue weighted by atomic mass is 9.64. The van der Waals surface area contributed by atoms with E-state index < -0.39 is 0 Å². The van der Waals surface area contributed by atoms with Crippen LogP contribution in [0.2, 0.25) is 0 Å². The van der Waals surface area contributed by atoms with Gasteiger partial charge in [-0.25, -0.2) is 0 Å². The van der Waals surface area contributed by atoms with Crippen LogP contribution in [0.25, 0.3) is 0 Å². The number of hydrogen-bond acceptors (Lipinski definition) is 2. The van der Waals surface area contributed by atoms with Gasteiger partial charge in [0.2, 0.25) is 0 Å². The van der Waals surface area contributed by atoms with E-state index in [0.717, 1.165) is 19.6 Å². The summed E-state index contributed by atoms with van der Waals surface area (Å²) < 4.78 is 0. The van der Waals surface area contributed by atoms with Gasteiger partial charge < -0.3 is 0 Å². The van der Waals surface area contributed by atoms with Crippen molar-refractivity contribution in [1.82, 2.24) is 9.88 Å². The Morgan fingerprint density at radius 2 is 1.45 bits per heavy atom. The third kappa shape index (κ3) is 3.89. The van der Waals surface area contributed by atoms with Gasteiger partial charge in [-0.2, -0.15) is 0 Å². The van der Waals surface area contributed by atoms with Crippen molar-refractivity contribution in [3.8, 4) is 0 Å². The van der Waals surface area contributed by atoms with Gasteiger partial charge in [-0.1, -0.05) is 61.5 Å². The number of aromatic nitrogens is 1. The summed E-state index contributed by atoms with van der Waals surface area (Å²) in [5.74, 6) is 0. The first-order valence-corrected chi connectivity index (χ1v) is 9.02. The molecular weight excluding hydrogens is 287 g/mol. The molecule has 3 heteroatoms. The first-order valence-electron chi connectivity index (χ1n) is 8.45. The Labute approximate surface area is 140 Å². The van der Waals surface area contributed by atoms with Crippen molar-refractivity contribution >= 4 is 9.24 Å². The topological polar surface area (TPSA) is 16.1 Å². The average Bonchev–Trinajstić information content (AvgIpc) is 2.41. The van der Waals surface area contributed by atoms with E-state index in [1.807, 2.05) is 0 Å². The van der Waals surface area contributed by atoms with Crippen molar-refractivity contribution in [2.45, 2.75) is 67.1 Å².